The van der Waals surface area contributed by atoms with E-state index < -0.39 is 0 Å². The minimum atomic E-state index is -0.00652. The van der Waals surface area contributed by atoms with E-state index >= 15 is 0 Å². The number of rotatable bonds is 3. The Morgan fingerprint density at radius 3 is 2.61 bits per heavy atom. The summed E-state index contributed by atoms with van der Waals surface area (Å²) >= 11 is 0. The predicted molar refractivity (Wildman–Crippen MR) is 76.3 cm³/mol. The maximum absolute atomic E-state index is 12.3. The summed E-state index contributed by atoms with van der Waals surface area (Å²) in [7, 11) is 0. The van der Waals surface area contributed by atoms with Gasteiger partial charge in [0.1, 0.15) is 0 Å². The highest BCUT2D eigenvalue weighted by molar-refractivity contribution is 5.77. The van der Waals surface area contributed by atoms with E-state index in [1.165, 1.54) is 12.8 Å². The van der Waals surface area contributed by atoms with Crippen LogP contribution in [0.3, 0.4) is 0 Å². The molecule has 2 N–H and O–H groups in total. The lowest BCUT2D eigenvalue weighted by Gasteiger charge is -2.29. The van der Waals surface area contributed by atoms with Gasteiger partial charge in [-0.25, -0.2) is 0 Å². The summed E-state index contributed by atoms with van der Waals surface area (Å²) in [4.78, 5) is 14.4. The van der Waals surface area contributed by atoms with E-state index in [1.54, 1.807) is 0 Å². The Morgan fingerprint density at radius 1 is 1.33 bits per heavy atom. The summed E-state index contributed by atoms with van der Waals surface area (Å²) in [6, 6.07) is 0.384. The van der Waals surface area contributed by atoms with E-state index in [1.807, 2.05) is 0 Å². The third kappa shape index (κ3) is 5.38. The average Bonchev–Trinajstić information content (AvgIpc) is 2.39. The van der Waals surface area contributed by atoms with Gasteiger partial charge >= 0.3 is 0 Å². The summed E-state index contributed by atoms with van der Waals surface area (Å²) < 4.78 is 0. The zero-order chi connectivity index (χ0) is 13.8. The van der Waals surface area contributed by atoms with Crippen LogP contribution in [0.15, 0.2) is 0 Å². The van der Waals surface area contributed by atoms with Gasteiger partial charge in [-0.15, -0.1) is 0 Å². The van der Waals surface area contributed by atoms with E-state index in [2.05, 4.69) is 32.6 Å². The van der Waals surface area contributed by atoms with Gasteiger partial charge < -0.3 is 10.6 Å². The molecule has 1 fully saturated rings. The van der Waals surface area contributed by atoms with Gasteiger partial charge in [0, 0.05) is 25.0 Å². The molecule has 0 aliphatic carbocycles. The lowest BCUT2D eigenvalue weighted by atomic mass is 9.87. The molecule has 1 amide bonds. The topological polar surface area (TPSA) is 46.3 Å². The van der Waals surface area contributed by atoms with Crippen molar-refractivity contribution in [3.05, 3.63) is 0 Å². The number of amides is 1. The van der Waals surface area contributed by atoms with Gasteiger partial charge in [-0.1, -0.05) is 33.6 Å². The number of carbonyl (C=O) groups is 1. The van der Waals surface area contributed by atoms with Crippen molar-refractivity contribution in [3.63, 3.8) is 0 Å². The van der Waals surface area contributed by atoms with Crippen molar-refractivity contribution in [2.45, 2.75) is 78.3 Å². The van der Waals surface area contributed by atoms with Gasteiger partial charge in [0.25, 0.3) is 0 Å². The number of nitrogens with two attached hydrogens (primary N) is 1. The Kier molecular flexibility index (Phi) is 5.64. The molecule has 18 heavy (non-hydrogen) atoms. The molecule has 1 aliphatic rings. The molecule has 2 unspecified atom stereocenters. The van der Waals surface area contributed by atoms with Crippen LogP contribution >= 0.6 is 0 Å². The first-order chi connectivity index (χ1) is 8.29. The summed E-state index contributed by atoms with van der Waals surface area (Å²) in [6.07, 6.45) is 6.19. The lowest BCUT2D eigenvalue weighted by molar-refractivity contribution is -0.133. The van der Waals surface area contributed by atoms with Crippen molar-refractivity contribution in [1.29, 1.82) is 0 Å². The Balaban J connectivity index is 2.48. The Bertz CT molecular complexity index is 270. The van der Waals surface area contributed by atoms with Crippen LogP contribution in [0.2, 0.25) is 0 Å². The fraction of sp³-hybridized carbons (Fsp3) is 0.933. The Labute approximate surface area is 112 Å². The first-order valence-corrected chi connectivity index (χ1v) is 7.34. The second kappa shape index (κ2) is 6.55. The SMILES string of the molecule is CC1CCCCCN1C(=O)CC(N)CC(C)(C)C. The highest BCUT2D eigenvalue weighted by Gasteiger charge is 2.25. The molecule has 0 spiro atoms. The molecule has 0 bridgehead atoms. The molecule has 3 heteroatoms. The highest BCUT2D eigenvalue weighted by Crippen LogP contribution is 2.23. The van der Waals surface area contributed by atoms with Crippen LogP contribution in [-0.4, -0.2) is 29.4 Å². The smallest absolute Gasteiger partial charge is 0.224 e. The molecule has 2 atom stereocenters. The number of nitrogens with zero attached hydrogens (tertiary/aromatic N) is 1. The van der Waals surface area contributed by atoms with E-state index in [0.29, 0.717) is 12.5 Å². The third-order valence-electron chi connectivity index (χ3n) is 3.68. The molecule has 1 aliphatic heterocycles. The van der Waals surface area contributed by atoms with Crippen LogP contribution < -0.4 is 5.73 Å². The monoisotopic (exact) mass is 254 g/mol. The largest absolute Gasteiger partial charge is 0.340 e. The van der Waals surface area contributed by atoms with Gasteiger partial charge in [0.05, 0.1) is 0 Å². The van der Waals surface area contributed by atoms with E-state index in [0.717, 1.165) is 25.8 Å². The van der Waals surface area contributed by atoms with Crippen LogP contribution in [0, 0.1) is 5.41 Å². The summed E-state index contributed by atoms with van der Waals surface area (Å²) in [5.41, 5.74) is 6.30. The van der Waals surface area contributed by atoms with Crippen LogP contribution in [0.1, 0.15) is 66.2 Å². The van der Waals surface area contributed by atoms with Crippen LogP contribution in [0.5, 0.6) is 0 Å². The first kappa shape index (κ1) is 15.5. The van der Waals surface area contributed by atoms with Crippen LogP contribution in [-0.2, 0) is 4.79 Å². The van der Waals surface area contributed by atoms with Gasteiger partial charge in [-0.05, 0) is 31.6 Å². The molecule has 0 aromatic heterocycles. The number of carbonyl (C=O) groups excluding carboxylic acids is 1. The van der Waals surface area contributed by atoms with E-state index in [9.17, 15) is 4.79 Å². The maximum atomic E-state index is 12.3. The Hall–Kier alpha value is -0.570. The summed E-state index contributed by atoms with van der Waals surface area (Å²) in [5, 5.41) is 0. The number of hydrogen-bond donors (Lipinski definition) is 1. The fourth-order valence-electron chi connectivity index (χ4n) is 2.85. The maximum Gasteiger partial charge on any atom is 0.224 e. The molecule has 1 saturated heterocycles. The zero-order valence-corrected chi connectivity index (χ0v) is 12.5. The second-order valence-corrected chi connectivity index (χ2v) is 7.01. The van der Waals surface area contributed by atoms with Gasteiger partial charge in [0.2, 0.25) is 5.91 Å². The van der Waals surface area contributed by atoms with Crippen molar-refractivity contribution in [1.82, 2.24) is 4.90 Å². The fourth-order valence-corrected chi connectivity index (χ4v) is 2.85. The van der Waals surface area contributed by atoms with Crippen molar-refractivity contribution < 1.29 is 4.79 Å². The molecule has 0 saturated carbocycles. The predicted octanol–water partition coefficient (Wildman–Crippen LogP) is 2.93. The normalized spacial score (nSPS) is 23.6. The molecule has 0 radical (unpaired) electrons. The lowest BCUT2D eigenvalue weighted by Crippen LogP contribution is -2.41. The highest BCUT2D eigenvalue weighted by atomic mass is 16.2. The van der Waals surface area contributed by atoms with Crippen molar-refractivity contribution in [2.75, 3.05) is 6.54 Å². The Morgan fingerprint density at radius 2 is 2.00 bits per heavy atom. The minimum absolute atomic E-state index is 0.00652. The molecule has 106 valence electrons. The first-order valence-electron chi connectivity index (χ1n) is 7.34. The van der Waals surface area contributed by atoms with E-state index in [-0.39, 0.29) is 17.4 Å². The van der Waals surface area contributed by atoms with Gasteiger partial charge in [0.15, 0.2) is 0 Å². The summed E-state index contributed by atoms with van der Waals surface area (Å²) in [5.74, 6) is 0.251. The third-order valence-corrected chi connectivity index (χ3v) is 3.68. The molecule has 1 rings (SSSR count). The standard InChI is InChI=1S/C15H30N2O/c1-12-8-6-5-7-9-17(12)14(18)10-13(16)11-15(2,3)4/h12-13H,5-11,16H2,1-4H3. The number of hydrogen-bond acceptors (Lipinski definition) is 2. The van der Waals surface area contributed by atoms with E-state index in [4.69, 9.17) is 5.73 Å². The zero-order valence-electron chi connectivity index (χ0n) is 12.5. The molecular weight excluding hydrogens is 224 g/mol. The van der Waals surface area contributed by atoms with Crippen LogP contribution in [0.4, 0.5) is 0 Å². The van der Waals surface area contributed by atoms with Crippen molar-refractivity contribution in [2.24, 2.45) is 11.1 Å². The van der Waals surface area contributed by atoms with Gasteiger partial charge in [-0.2, -0.15) is 0 Å². The van der Waals surface area contributed by atoms with Crippen molar-refractivity contribution in [3.8, 4) is 0 Å². The van der Waals surface area contributed by atoms with Crippen molar-refractivity contribution >= 4 is 5.91 Å². The van der Waals surface area contributed by atoms with Crippen LogP contribution in [0.25, 0.3) is 0 Å². The summed E-state index contributed by atoms with van der Waals surface area (Å²) in [6.45, 7) is 9.60. The molecule has 3 nitrogen and oxygen atoms in total. The molecular formula is C15H30N2O. The molecule has 0 aromatic rings. The molecule has 0 aromatic carbocycles. The second-order valence-electron chi connectivity index (χ2n) is 7.01. The number of likely N-dealkylation sites (tertiary alicyclic amines) is 1. The van der Waals surface area contributed by atoms with Gasteiger partial charge in [-0.3, -0.25) is 4.79 Å². The quantitative estimate of drug-likeness (QED) is 0.841. The molecule has 1 heterocycles. The minimum Gasteiger partial charge on any atom is -0.340 e. The average molecular weight is 254 g/mol.